The van der Waals surface area contributed by atoms with Crippen LogP contribution in [-0.2, 0) is 9.59 Å². The van der Waals surface area contributed by atoms with Gasteiger partial charge in [-0.1, -0.05) is 44.2 Å². The van der Waals surface area contributed by atoms with E-state index in [-0.39, 0.29) is 17.2 Å². The first kappa shape index (κ1) is 15.5. The normalized spacial score (nSPS) is 26.7. The second-order valence-corrected chi connectivity index (χ2v) is 6.29. The minimum absolute atomic E-state index is 0.00899. The van der Waals surface area contributed by atoms with Gasteiger partial charge in [-0.2, -0.15) is 0 Å². The van der Waals surface area contributed by atoms with Gasteiger partial charge in [-0.15, -0.1) is 0 Å². The van der Waals surface area contributed by atoms with Gasteiger partial charge in [0.1, 0.15) is 0 Å². The molecule has 2 N–H and O–H groups in total. The fourth-order valence-corrected chi connectivity index (χ4v) is 2.76. The second kappa shape index (κ2) is 5.88. The summed E-state index contributed by atoms with van der Waals surface area (Å²) in [5.74, 6) is -1.59. The summed E-state index contributed by atoms with van der Waals surface area (Å²) in [5.41, 5.74) is 0.914. The maximum atomic E-state index is 12.4. The van der Waals surface area contributed by atoms with Gasteiger partial charge in [0.05, 0.1) is 12.0 Å². The molecule has 0 saturated heterocycles. The van der Waals surface area contributed by atoms with Crippen LogP contribution in [-0.4, -0.2) is 17.0 Å². The molecule has 1 aliphatic carbocycles. The number of hydrogen-bond donors (Lipinski definition) is 2. The molecule has 114 valence electrons. The van der Waals surface area contributed by atoms with E-state index in [0.717, 1.165) is 18.4 Å². The molecule has 21 heavy (non-hydrogen) atoms. The monoisotopic (exact) mass is 289 g/mol. The summed E-state index contributed by atoms with van der Waals surface area (Å²) in [7, 11) is 0. The van der Waals surface area contributed by atoms with Gasteiger partial charge >= 0.3 is 5.97 Å². The van der Waals surface area contributed by atoms with E-state index in [2.05, 4.69) is 19.2 Å². The zero-order valence-corrected chi connectivity index (χ0v) is 12.8. The predicted octanol–water partition coefficient (Wildman–Crippen LogP) is 3.00. The average Bonchev–Trinajstić information content (AvgIpc) is 3.17. The van der Waals surface area contributed by atoms with Crippen molar-refractivity contribution in [1.82, 2.24) is 5.32 Å². The van der Waals surface area contributed by atoms with Crippen molar-refractivity contribution in [3.8, 4) is 0 Å². The van der Waals surface area contributed by atoms with Crippen LogP contribution < -0.4 is 5.32 Å². The smallest absolute Gasteiger partial charge is 0.308 e. The molecule has 4 unspecified atom stereocenters. The lowest BCUT2D eigenvalue weighted by molar-refractivity contribution is -0.142. The number of carboxylic acids is 1. The largest absolute Gasteiger partial charge is 0.481 e. The maximum absolute atomic E-state index is 12.4. The lowest BCUT2D eigenvalue weighted by atomic mass is 9.94. The molecule has 1 aromatic carbocycles. The number of hydrogen-bond acceptors (Lipinski definition) is 2. The van der Waals surface area contributed by atoms with E-state index in [0.29, 0.717) is 0 Å². The number of carbonyl (C=O) groups is 2. The summed E-state index contributed by atoms with van der Waals surface area (Å²) < 4.78 is 0. The van der Waals surface area contributed by atoms with E-state index in [1.165, 1.54) is 0 Å². The SMILES string of the molecule is CCC1(C)CC1C(=O)NC(c1ccccc1)C(C)C(=O)O. The minimum Gasteiger partial charge on any atom is -0.481 e. The Kier molecular flexibility index (Phi) is 4.35. The van der Waals surface area contributed by atoms with E-state index in [4.69, 9.17) is 0 Å². The topological polar surface area (TPSA) is 66.4 Å². The number of rotatable bonds is 6. The lowest BCUT2D eigenvalue weighted by Crippen LogP contribution is -2.37. The number of amides is 1. The molecule has 2 rings (SSSR count). The molecule has 4 nitrogen and oxygen atoms in total. The summed E-state index contributed by atoms with van der Waals surface area (Å²) in [6, 6.07) is 8.82. The Hall–Kier alpha value is -1.84. The van der Waals surface area contributed by atoms with Crippen molar-refractivity contribution < 1.29 is 14.7 Å². The third-order valence-corrected chi connectivity index (χ3v) is 4.82. The van der Waals surface area contributed by atoms with Gasteiger partial charge in [-0.3, -0.25) is 9.59 Å². The Labute approximate surface area is 125 Å². The highest BCUT2D eigenvalue weighted by atomic mass is 16.4. The van der Waals surface area contributed by atoms with Crippen LogP contribution in [0.1, 0.15) is 45.2 Å². The van der Waals surface area contributed by atoms with E-state index < -0.39 is 17.9 Å². The van der Waals surface area contributed by atoms with Crippen LogP contribution in [0, 0.1) is 17.3 Å². The average molecular weight is 289 g/mol. The number of benzene rings is 1. The first-order chi connectivity index (χ1) is 9.89. The Bertz CT molecular complexity index is 528. The molecule has 0 heterocycles. The van der Waals surface area contributed by atoms with Crippen molar-refractivity contribution in [2.24, 2.45) is 17.3 Å². The Morgan fingerprint density at radius 1 is 1.38 bits per heavy atom. The van der Waals surface area contributed by atoms with Crippen LogP contribution in [0.15, 0.2) is 30.3 Å². The summed E-state index contributed by atoms with van der Waals surface area (Å²) >= 11 is 0. The van der Waals surface area contributed by atoms with Crippen molar-refractivity contribution in [3.63, 3.8) is 0 Å². The number of aliphatic carboxylic acids is 1. The zero-order chi connectivity index (χ0) is 15.6. The maximum Gasteiger partial charge on any atom is 0.308 e. The molecule has 4 atom stereocenters. The molecule has 1 fully saturated rings. The van der Waals surface area contributed by atoms with Crippen molar-refractivity contribution in [2.75, 3.05) is 0 Å². The van der Waals surface area contributed by atoms with E-state index >= 15 is 0 Å². The van der Waals surface area contributed by atoms with Crippen LogP contribution >= 0.6 is 0 Å². The first-order valence-corrected chi connectivity index (χ1v) is 7.47. The number of carbonyl (C=O) groups excluding carboxylic acids is 1. The van der Waals surface area contributed by atoms with Gasteiger partial charge in [0.2, 0.25) is 5.91 Å². The quantitative estimate of drug-likeness (QED) is 0.846. The molecule has 0 bridgehead atoms. The standard InChI is InChI=1S/C17H23NO3/c1-4-17(3)10-13(17)15(19)18-14(11(2)16(20)21)12-8-6-5-7-9-12/h5-9,11,13-14H,4,10H2,1-3H3,(H,18,19)(H,20,21). The highest BCUT2D eigenvalue weighted by Crippen LogP contribution is 2.54. The van der Waals surface area contributed by atoms with Crippen molar-refractivity contribution in [1.29, 1.82) is 0 Å². The van der Waals surface area contributed by atoms with Gasteiger partial charge in [0.15, 0.2) is 0 Å². The molecule has 1 saturated carbocycles. The molecule has 0 radical (unpaired) electrons. The van der Waals surface area contributed by atoms with Gasteiger partial charge in [0, 0.05) is 5.92 Å². The van der Waals surface area contributed by atoms with E-state index in [1.807, 2.05) is 30.3 Å². The highest BCUT2D eigenvalue weighted by molar-refractivity contribution is 5.83. The molecular weight excluding hydrogens is 266 g/mol. The van der Waals surface area contributed by atoms with Crippen molar-refractivity contribution in [2.45, 2.75) is 39.7 Å². The minimum atomic E-state index is -0.904. The van der Waals surface area contributed by atoms with Crippen LogP contribution in [0.5, 0.6) is 0 Å². The molecule has 4 heteroatoms. The fourth-order valence-electron chi connectivity index (χ4n) is 2.76. The zero-order valence-electron chi connectivity index (χ0n) is 12.8. The summed E-state index contributed by atoms with van der Waals surface area (Å²) in [5, 5.41) is 12.2. The highest BCUT2D eigenvalue weighted by Gasteiger charge is 2.53. The molecule has 0 aromatic heterocycles. The van der Waals surface area contributed by atoms with Gasteiger partial charge in [-0.05, 0) is 30.7 Å². The molecule has 0 spiro atoms. The molecule has 0 aliphatic heterocycles. The van der Waals surface area contributed by atoms with E-state index in [1.54, 1.807) is 6.92 Å². The molecule has 1 amide bonds. The van der Waals surface area contributed by atoms with Crippen LogP contribution in [0.4, 0.5) is 0 Å². The Balaban J connectivity index is 2.14. The predicted molar refractivity (Wildman–Crippen MR) is 80.6 cm³/mol. The molecular formula is C17H23NO3. The Morgan fingerprint density at radius 3 is 2.48 bits per heavy atom. The lowest BCUT2D eigenvalue weighted by Gasteiger charge is -2.23. The number of nitrogens with one attached hydrogen (secondary N) is 1. The fraction of sp³-hybridized carbons (Fsp3) is 0.529. The number of carboxylic acid groups (broad SMARTS) is 1. The van der Waals surface area contributed by atoms with Crippen LogP contribution in [0.25, 0.3) is 0 Å². The van der Waals surface area contributed by atoms with Gasteiger partial charge in [0.25, 0.3) is 0 Å². The third kappa shape index (κ3) is 3.26. The van der Waals surface area contributed by atoms with E-state index in [9.17, 15) is 14.7 Å². The second-order valence-electron chi connectivity index (χ2n) is 6.29. The molecule has 1 aromatic rings. The van der Waals surface area contributed by atoms with Gasteiger partial charge < -0.3 is 10.4 Å². The van der Waals surface area contributed by atoms with Gasteiger partial charge in [-0.25, -0.2) is 0 Å². The third-order valence-electron chi connectivity index (χ3n) is 4.82. The summed E-state index contributed by atoms with van der Waals surface area (Å²) in [6.07, 6.45) is 1.86. The van der Waals surface area contributed by atoms with Crippen LogP contribution in [0.2, 0.25) is 0 Å². The van der Waals surface area contributed by atoms with Crippen molar-refractivity contribution >= 4 is 11.9 Å². The Morgan fingerprint density at radius 2 is 2.00 bits per heavy atom. The molecule has 1 aliphatic rings. The summed E-state index contributed by atoms with van der Waals surface area (Å²) in [6.45, 7) is 5.82. The summed E-state index contributed by atoms with van der Waals surface area (Å²) in [4.78, 5) is 23.7. The van der Waals surface area contributed by atoms with Crippen molar-refractivity contribution in [3.05, 3.63) is 35.9 Å². The first-order valence-electron chi connectivity index (χ1n) is 7.47. The van der Waals surface area contributed by atoms with Crippen LogP contribution in [0.3, 0.4) is 0 Å².